The molecule has 0 saturated heterocycles. The Hall–Kier alpha value is -1.68. The number of nitrogens with one attached hydrogen (secondary N) is 1. The lowest BCUT2D eigenvalue weighted by atomic mass is 10.00. The molecule has 1 aromatic heterocycles. The van der Waals surface area contributed by atoms with Crippen LogP contribution in [0.2, 0.25) is 0 Å². The number of fused-ring (bicyclic) bond motifs is 1. The van der Waals surface area contributed by atoms with Crippen molar-refractivity contribution < 1.29 is 0 Å². The predicted octanol–water partition coefficient (Wildman–Crippen LogP) is 2.56. The quantitative estimate of drug-likeness (QED) is 0.914. The zero-order chi connectivity index (χ0) is 13.2. The average Bonchev–Trinajstić information content (AvgIpc) is 3.04. The number of aryl methyl sites for hydroxylation is 1. The summed E-state index contributed by atoms with van der Waals surface area (Å²) in [7, 11) is 2.04. The first-order valence-corrected chi connectivity index (χ1v) is 7.03. The van der Waals surface area contributed by atoms with E-state index < -0.39 is 0 Å². The van der Waals surface area contributed by atoms with Crippen molar-refractivity contribution in [3.05, 3.63) is 35.5 Å². The van der Waals surface area contributed by atoms with E-state index in [1.54, 1.807) is 0 Å². The van der Waals surface area contributed by atoms with Crippen LogP contribution in [0.3, 0.4) is 0 Å². The molecule has 0 aliphatic heterocycles. The van der Waals surface area contributed by atoms with Crippen LogP contribution >= 0.6 is 0 Å². The largest absolute Gasteiger partial charge is 0.313 e. The zero-order valence-corrected chi connectivity index (χ0v) is 11.6. The van der Waals surface area contributed by atoms with E-state index in [4.69, 9.17) is 0 Å². The molecule has 1 aromatic carbocycles. The molecular formula is C15H20N4. The molecule has 0 amide bonds. The molecule has 0 saturated carbocycles. The van der Waals surface area contributed by atoms with Gasteiger partial charge in [0, 0.05) is 18.2 Å². The fraction of sp³-hybridized carbons (Fsp3) is 0.467. The van der Waals surface area contributed by atoms with E-state index in [0.29, 0.717) is 6.04 Å². The third-order valence-corrected chi connectivity index (χ3v) is 3.95. The Bertz CT molecular complexity index is 573. The Morgan fingerprint density at radius 3 is 3.11 bits per heavy atom. The summed E-state index contributed by atoms with van der Waals surface area (Å²) < 4.78 is 2.02. The van der Waals surface area contributed by atoms with Gasteiger partial charge in [0.2, 0.25) is 0 Å². The highest BCUT2D eigenvalue weighted by atomic mass is 15.4. The normalized spacial score (nSPS) is 17.7. The Labute approximate surface area is 113 Å². The molecule has 1 heterocycles. The first-order chi connectivity index (χ1) is 9.35. The maximum Gasteiger partial charge on any atom is 0.0888 e. The van der Waals surface area contributed by atoms with Gasteiger partial charge >= 0.3 is 0 Å². The third kappa shape index (κ3) is 2.06. The van der Waals surface area contributed by atoms with Crippen LogP contribution in [0.15, 0.2) is 24.4 Å². The molecule has 1 atom stereocenters. The number of nitrogens with zero attached hydrogens (tertiary/aromatic N) is 3. The minimum Gasteiger partial charge on any atom is -0.313 e. The highest BCUT2D eigenvalue weighted by Gasteiger charge is 2.24. The number of aromatic nitrogens is 3. The summed E-state index contributed by atoms with van der Waals surface area (Å²) in [4.78, 5) is 0. The van der Waals surface area contributed by atoms with Gasteiger partial charge in [0.15, 0.2) is 0 Å². The average molecular weight is 256 g/mol. The van der Waals surface area contributed by atoms with Crippen molar-refractivity contribution in [2.24, 2.45) is 0 Å². The lowest BCUT2D eigenvalue weighted by Gasteiger charge is -2.12. The van der Waals surface area contributed by atoms with Crippen molar-refractivity contribution >= 4 is 0 Å². The van der Waals surface area contributed by atoms with E-state index in [9.17, 15) is 0 Å². The molecule has 19 heavy (non-hydrogen) atoms. The fourth-order valence-electron chi connectivity index (χ4n) is 3.04. The van der Waals surface area contributed by atoms with Crippen molar-refractivity contribution in [1.82, 2.24) is 20.3 Å². The summed E-state index contributed by atoms with van der Waals surface area (Å²) >= 11 is 0. The maximum absolute atomic E-state index is 4.20. The molecule has 1 N–H and O–H groups in total. The third-order valence-electron chi connectivity index (χ3n) is 3.95. The standard InChI is InChI=1S/C15H20N4/c1-3-9-19-15(10-17-18-19)13-6-4-5-12-11(13)7-8-14(12)16-2/h4-6,10,14,16H,3,7-9H2,1-2H3. The Morgan fingerprint density at radius 1 is 1.42 bits per heavy atom. The molecule has 3 rings (SSSR count). The van der Waals surface area contributed by atoms with Crippen LogP contribution in [0.4, 0.5) is 0 Å². The minimum absolute atomic E-state index is 0.491. The smallest absolute Gasteiger partial charge is 0.0888 e. The molecule has 1 unspecified atom stereocenters. The van der Waals surface area contributed by atoms with E-state index in [2.05, 4.69) is 40.8 Å². The van der Waals surface area contributed by atoms with Gasteiger partial charge in [-0.2, -0.15) is 0 Å². The van der Waals surface area contributed by atoms with Crippen molar-refractivity contribution in [3.63, 3.8) is 0 Å². The van der Waals surface area contributed by atoms with Crippen LogP contribution in [0.1, 0.15) is 36.9 Å². The lowest BCUT2D eigenvalue weighted by Crippen LogP contribution is -2.12. The van der Waals surface area contributed by atoms with Gasteiger partial charge in [-0.1, -0.05) is 30.3 Å². The Kier molecular flexibility index (Phi) is 3.34. The molecule has 1 aliphatic carbocycles. The van der Waals surface area contributed by atoms with Gasteiger partial charge in [-0.05, 0) is 37.4 Å². The Morgan fingerprint density at radius 2 is 2.32 bits per heavy atom. The van der Waals surface area contributed by atoms with Gasteiger partial charge in [-0.25, -0.2) is 4.68 Å². The summed E-state index contributed by atoms with van der Waals surface area (Å²) in [6, 6.07) is 7.07. The highest BCUT2D eigenvalue weighted by Crippen LogP contribution is 2.37. The second kappa shape index (κ2) is 5.13. The first-order valence-electron chi connectivity index (χ1n) is 7.03. The lowest BCUT2D eigenvalue weighted by molar-refractivity contribution is 0.584. The minimum atomic E-state index is 0.491. The summed E-state index contributed by atoms with van der Waals surface area (Å²) in [6.45, 7) is 3.09. The van der Waals surface area contributed by atoms with Crippen LogP contribution in [-0.2, 0) is 13.0 Å². The number of rotatable bonds is 4. The monoisotopic (exact) mass is 256 g/mol. The van der Waals surface area contributed by atoms with Crippen molar-refractivity contribution in [2.45, 2.75) is 38.8 Å². The number of hydrogen-bond acceptors (Lipinski definition) is 3. The summed E-state index contributed by atoms with van der Waals surface area (Å²) in [5.74, 6) is 0. The fourth-order valence-corrected chi connectivity index (χ4v) is 3.04. The topological polar surface area (TPSA) is 42.7 Å². The van der Waals surface area contributed by atoms with Crippen LogP contribution in [0.5, 0.6) is 0 Å². The van der Waals surface area contributed by atoms with E-state index in [1.807, 2.05) is 17.9 Å². The van der Waals surface area contributed by atoms with E-state index in [-0.39, 0.29) is 0 Å². The molecule has 100 valence electrons. The summed E-state index contributed by atoms with van der Waals surface area (Å²) in [6.07, 6.45) is 5.27. The predicted molar refractivity (Wildman–Crippen MR) is 75.9 cm³/mol. The van der Waals surface area contributed by atoms with Gasteiger partial charge in [0.05, 0.1) is 11.9 Å². The number of hydrogen-bond donors (Lipinski definition) is 1. The molecule has 0 radical (unpaired) electrons. The van der Waals surface area contributed by atoms with Gasteiger partial charge in [-0.3, -0.25) is 0 Å². The van der Waals surface area contributed by atoms with Gasteiger partial charge in [0.1, 0.15) is 0 Å². The van der Waals surface area contributed by atoms with E-state index in [1.165, 1.54) is 23.1 Å². The molecule has 1 aliphatic rings. The van der Waals surface area contributed by atoms with E-state index in [0.717, 1.165) is 25.1 Å². The van der Waals surface area contributed by atoms with Crippen LogP contribution in [-0.4, -0.2) is 22.0 Å². The van der Waals surface area contributed by atoms with Gasteiger partial charge in [-0.15, -0.1) is 5.10 Å². The van der Waals surface area contributed by atoms with Crippen molar-refractivity contribution in [1.29, 1.82) is 0 Å². The van der Waals surface area contributed by atoms with Gasteiger partial charge < -0.3 is 5.32 Å². The van der Waals surface area contributed by atoms with Crippen LogP contribution in [0.25, 0.3) is 11.3 Å². The SMILES string of the molecule is CCCn1nncc1-c1cccc2c1CCC2NC. The molecular weight excluding hydrogens is 236 g/mol. The molecule has 0 bridgehead atoms. The van der Waals surface area contributed by atoms with E-state index >= 15 is 0 Å². The highest BCUT2D eigenvalue weighted by molar-refractivity contribution is 5.66. The Balaban J connectivity index is 2.07. The van der Waals surface area contributed by atoms with Gasteiger partial charge in [0.25, 0.3) is 0 Å². The summed E-state index contributed by atoms with van der Waals surface area (Å²) in [5, 5.41) is 11.7. The maximum atomic E-state index is 4.20. The first kappa shape index (κ1) is 12.4. The summed E-state index contributed by atoms with van der Waals surface area (Å²) in [5.41, 5.74) is 5.34. The number of benzene rings is 1. The second-order valence-electron chi connectivity index (χ2n) is 5.10. The molecule has 4 nitrogen and oxygen atoms in total. The van der Waals surface area contributed by atoms with Crippen LogP contribution in [0, 0.1) is 0 Å². The van der Waals surface area contributed by atoms with Crippen molar-refractivity contribution in [2.75, 3.05) is 7.05 Å². The molecule has 2 aromatic rings. The molecule has 0 spiro atoms. The van der Waals surface area contributed by atoms with Crippen molar-refractivity contribution in [3.8, 4) is 11.3 Å². The molecule has 4 heteroatoms. The van der Waals surface area contributed by atoms with Crippen LogP contribution < -0.4 is 5.32 Å². The second-order valence-corrected chi connectivity index (χ2v) is 5.10. The zero-order valence-electron chi connectivity index (χ0n) is 11.6. The molecule has 0 fully saturated rings.